The van der Waals surface area contributed by atoms with E-state index in [1.807, 2.05) is 14.1 Å². The molecule has 0 bridgehead atoms. The average Bonchev–Trinajstić information content (AvgIpc) is 2.34. The van der Waals surface area contributed by atoms with Crippen LogP contribution in [0.1, 0.15) is 24.8 Å². The van der Waals surface area contributed by atoms with E-state index < -0.39 is 0 Å². The number of rotatable bonds is 8. The Balaban J connectivity index is 2.24. The molecular formula is C14H24N2O. The van der Waals surface area contributed by atoms with Gasteiger partial charge in [0.25, 0.3) is 0 Å². The molecule has 1 rings (SSSR count). The third-order valence-electron chi connectivity index (χ3n) is 2.69. The SMILES string of the molecule is CN(C)c1cccc(COCCCCCN)c1. The van der Waals surface area contributed by atoms with Crippen LogP contribution in [0.25, 0.3) is 0 Å². The summed E-state index contributed by atoms with van der Waals surface area (Å²) < 4.78 is 5.64. The van der Waals surface area contributed by atoms with Crippen LogP contribution >= 0.6 is 0 Å². The molecular weight excluding hydrogens is 212 g/mol. The van der Waals surface area contributed by atoms with Gasteiger partial charge in [-0.3, -0.25) is 0 Å². The highest BCUT2D eigenvalue weighted by Crippen LogP contribution is 2.14. The predicted octanol–water partition coefficient (Wildman–Crippen LogP) is 2.40. The van der Waals surface area contributed by atoms with Gasteiger partial charge in [0.2, 0.25) is 0 Å². The zero-order valence-corrected chi connectivity index (χ0v) is 11.0. The summed E-state index contributed by atoms with van der Waals surface area (Å²) in [6.07, 6.45) is 3.36. The molecule has 3 heteroatoms. The van der Waals surface area contributed by atoms with Gasteiger partial charge in [-0.1, -0.05) is 12.1 Å². The van der Waals surface area contributed by atoms with Crippen molar-refractivity contribution in [3.8, 4) is 0 Å². The van der Waals surface area contributed by atoms with Gasteiger partial charge in [0.1, 0.15) is 0 Å². The topological polar surface area (TPSA) is 38.5 Å². The molecule has 0 aliphatic carbocycles. The molecule has 17 heavy (non-hydrogen) atoms. The highest BCUT2D eigenvalue weighted by atomic mass is 16.5. The van der Waals surface area contributed by atoms with Gasteiger partial charge >= 0.3 is 0 Å². The van der Waals surface area contributed by atoms with E-state index in [1.54, 1.807) is 0 Å². The lowest BCUT2D eigenvalue weighted by molar-refractivity contribution is 0.117. The summed E-state index contributed by atoms with van der Waals surface area (Å²) in [7, 11) is 4.10. The molecule has 0 atom stereocenters. The van der Waals surface area contributed by atoms with Crippen molar-refractivity contribution in [2.24, 2.45) is 5.73 Å². The fourth-order valence-electron chi connectivity index (χ4n) is 1.64. The van der Waals surface area contributed by atoms with Crippen LogP contribution in [0, 0.1) is 0 Å². The second-order valence-electron chi connectivity index (χ2n) is 4.47. The molecule has 0 aliphatic rings. The molecule has 3 nitrogen and oxygen atoms in total. The largest absolute Gasteiger partial charge is 0.378 e. The maximum Gasteiger partial charge on any atom is 0.0717 e. The zero-order valence-electron chi connectivity index (χ0n) is 11.0. The Morgan fingerprint density at radius 1 is 1.18 bits per heavy atom. The molecule has 0 saturated carbocycles. The van der Waals surface area contributed by atoms with Gasteiger partial charge in [0.15, 0.2) is 0 Å². The van der Waals surface area contributed by atoms with Crippen molar-refractivity contribution in [3.05, 3.63) is 29.8 Å². The van der Waals surface area contributed by atoms with E-state index in [4.69, 9.17) is 10.5 Å². The van der Waals surface area contributed by atoms with Gasteiger partial charge in [-0.25, -0.2) is 0 Å². The van der Waals surface area contributed by atoms with Gasteiger partial charge in [-0.15, -0.1) is 0 Å². The molecule has 2 N–H and O–H groups in total. The number of unbranched alkanes of at least 4 members (excludes halogenated alkanes) is 2. The van der Waals surface area contributed by atoms with E-state index in [1.165, 1.54) is 11.3 Å². The minimum Gasteiger partial charge on any atom is -0.378 e. The predicted molar refractivity (Wildman–Crippen MR) is 73.3 cm³/mol. The lowest BCUT2D eigenvalue weighted by atomic mass is 10.2. The maximum absolute atomic E-state index is 5.64. The molecule has 0 aromatic heterocycles. The molecule has 1 aromatic rings. The summed E-state index contributed by atoms with van der Waals surface area (Å²) in [6, 6.07) is 8.44. The molecule has 0 spiro atoms. The van der Waals surface area contributed by atoms with Crippen molar-refractivity contribution in [1.29, 1.82) is 0 Å². The van der Waals surface area contributed by atoms with E-state index in [0.29, 0.717) is 6.61 Å². The minimum absolute atomic E-state index is 0.699. The third-order valence-corrected chi connectivity index (χ3v) is 2.69. The van der Waals surface area contributed by atoms with Crippen LogP contribution in [-0.2, 0) is 11.3 Å². The Hall–Kier alpha value is -1.06. The van der Waals surface area contributed by atoms with Crippen molar-refractivity contribution in [2.75, 3.05) is 32.1 Å². The lowest BCUT2D eigenvalue weighted by Crippen LogP contribution is -2.08. The Morgan fingerprint density at radius 2 is 2.00 bits per heavy atom. The normalized spacial score (nSPS) is 10.5. The molecule has 0 fully saturated rings. The van der Waals surface area contributed by atoms with Gasteiger partial charge in [-0.05, 0) is 43.5 Å². The first-order valence-electron chi connectivity index (χ1n) is 6.28. The summed E-state index contributed by atoms with van der Waals surface area (Å²) >= 11 is 0. The molecule has 0 saturated heterocycles. The second kappa shape index (κ2) is 8.09. The van der Waals surface area contributed by atoms with Crippen molar-refractivity contribution < 1.29 is 4.74 Å². The number of ether oxygens (including phenoxy) is 1. The highest BCUT2D eigenvalue weighted by molar-refractivity contribution is 5.46. The third kappa shape index (κ3) is 5.71. The second-order valence-corrected chi connectivity index (χ2v) is 4.47. The van der Waals surface area contributed by atoms with Gasteiger partial charge in [0.05, 0.1) is 6.61 Å². The number of nitrogens with zero attached hydrogens (tertiary/aromatic N) is 1. The fraction of sp³-hybridized carbons (Fsp3) is 0.571. The van der Waals surface area contributed by atoms with Crippen LogP contribution in [0.3, 0.4) is 0 Å². The maximum atomic E-state index is 5.64. The van der Waals surface area contributed by atoms with Crippen LogP contribution in [0.4, 0.5) is 5.69 Å². The molecule has 0 heterocycles. The summed E-state index contributed by atoms with van der Waals surface area (Å²) in [5, 5.41) is 0. The first kappa shape index (κ1) is 14.0. The quantitative estimate of drug-likeness (QED) is 0.704. The Kier molecular flexibility index (Phi) is 6.67. The van der Waals surface area contributed by atoms with E-state index in [0.717, 1.165) is 32.4 Å². The van der Waals surface area contributed by atoms with Gasteiger partial charge in [-0.2, -0.15) is 0 Å². The summed E-state index contributed by atoms with van der Waals surface area (Å²) in [4.78, 5) is 2.10. The molecule has 1 aromatic carbocycles. The number of hydrogen-bond acceptors (Lipinski definition) is 3. The van der Waals surface area contributed by atoms with E-state index in [9.17, 15) is 0 Å². The number of nitrogens with two attached hydrogens (primary N) is 1. The molecule has 0 amide bonds. The zero-order chi connectivity index (χ0) is 12.5. The van der Waals surface area contributed by atoms with Crippen molar-refractivity contribution in [1.82, 2.24) is 0 Å². The van der Waals surface area contributed by atoms with E-state index in [-0.39, 0.29) is 0 Å². The Bertz CT molecular complexity index is 313. The molecule has 96 valence electrons. The van der Waals surface area contributed by atoms with Crippen LogP contribution in [0.15, 0.2) is 24.3 Å². The highest BCUT2D eigenvalue weighted by Gasteiger charge is 1.98. The van der Waals surface area contributed by atoms with Crippen molar-refractivity contribution in [3.63, 3.8) is 0 Å². The average molecular weight is 236 g/mol. The van der Waals surface area contributed by atoms with Crippen molar-refractivity contribution >= 4 is 5.69 Å². The summed E-state index contributed by atoms with van der Waals surface area (Å²) in [5.41, 5.74) is 7.88. The monoisotopic (exact) mass is 236 g/mol. The summed E-state index contributed by atoms with van der Waals surface area (Å²) in [6.45, 7) is 2.31. The van der Waals surface area contributed by atoms with Gasteiger partial charge in [0, 0.05) is 26.4 Å². The van der Waals surface area contributed by atoms with Gasteiger partial charge < -0.3 is 15.4 Å². The van der Waals surface area contributed by atoms with Crippen molar-refractivity contribution in [2.45, 2.75) is 25.9 Å². The molecule has 0 aliphatic heterocycles. The van der Waals surface area contributed by atoms with Crippen LogP contribution in [-0.4, -0.2) is 27.2 Å². The smallest absolute Gasteiger partial charge is 0.0717 e. The molecule has 0 unspecified atom stereocenters. The van der Waals surface area contributed by atoms with E-state index in [2.05, 4.69) is 29.2 Å². The van der Waals surface area contributed by atoms with Crippen LogP contribution in [0.5, 0.6) is 0 Å². The first-order chi connectivity index (χ1) is 8.24. The van der Waals surface area contributed by atoms with Crippen LogP contribution in [0.2, 0.25) is 0 Å². The van der Waals surface area contributed by atoms with E-state index >= 15 is 0 Å². The standard InChI is InChI=1S/C14H24N2O/c1-16(2)14-8-6-7-13(11-14)12-17-10-5-3-4-9-15/h6-8,11H,3-5,9-10,12,15H2,1-2H3. The summed E-state index contributed by atoms with van der Waals surface area (Å²) in [5.74, 6) is 0. The fourth-order valence-corrected chi connectivity index (χ4v) is 1.64. The van der Waals surface area contributed by atoms with Crippen LogP contribution < -0.4 is 10.6 Å². The Labute approximate surface area is 105 Å². The molecule has 0 radical (unpaired) electrons. The number of anilines is 1. The number of benzene rings is 1. The lowest BCUT2D eigenvalue weighted by Gasteiger charge is -2.13. The Morgan fingerprint density at radius 3 is 2.71 bits per heavy atom. The number of hydrogen-bond donors (Lipinski definition) is 1. The minimum atomic E-state index is 0.699. The first-order valence-corrected chi connectivity index (χ1v) is 6.28.